The highest BCUT2D eigenvalue weighted by Crippen LogP contribution is 2.42. The van der Waals surface area contributed by atoms with E-state index in [9.17, 15) is 13.2 Å². The molecule has 1 atom stereocenters. The molecule has 0 aromatic heterocycles. The van der Waals surface area contributed by atoms with Crippen LogP contribution in [0.5, 0.6) is 0 Å². The minimum atomic E-state index is -3.62. The van der Waals surface area contributed by atoms with Crippen molar-refractivity contribution in [3.05, 3.63) is 101 Å². The van der Waals surface area contributed by atoms with E-state index in [0.29, 0.717) is 29.6 Å². The topological polar surface area (TPSA) is 70.2 Å². The van der Waals surface area contributed by atoms with E-state index in [-0.39, 0.29) is 17.4 Å². The van der Waals surface area contributed by atoms with E-state index >= 15 is 0 Å². The van der Waals surface area contributed by atoms with Crippen molar-refractivity contribution in [3.63, 3.8) is 0 Å². The number of ether oxygens (including phenoxy) is 1. The molecule has 7 nitrogen and oxygen atoms in total. The predicted octanol–water partition coefficient (Wildman–Crippen LogP) is 6.92. The highest BCUT2D eigenvalue weighted by Gasteiger charge is 2.44. The van der Waals surface area contributed by atoms with E-state index in [2.05, 4.69) is 23.1 Å². The molecule has 9 heteroatoms. The zero-order chi connectivity index (χ0) is 31.5. The molecular weight excluding hydrogens is 594 g/mol. The molecule has 0 bridgehead atoms. The standard InChI is InChI=1S/C35H44ClN3O4S/c1-34(2,3)43-33(40)39-25-29-11-8-9-16-32(29)35(26-39)18-21-38(22-19-35)20-17-28(27-12-10-13-30(36)23-27)24-37(4)44(41,42)31-14-6-5-7-15-31/h5-16,23,28H,17-22,24-26H2,1-4H3. The molecule has 0 aliphatic carbocycles. The first-order valence-electron chi connectivity index (χ1n) is 15.4. The van der Waals surface area contributed by atoms with Gasteiger partial charge >= 0.3 is 6.09 Å². The number of hydrogen-bond donors (Lipinski definition) is 0. The van der Waals surface area contributed by atoms with Gasteiger partial charge in [0.2, 0.25) is 10.0 Å². The molecular formula is C35H44ClN3O4S. The molecule has 2 heterocycles. The lowest BCUT2D eigenvalue weighted by atomic mass is 9.69. The number of rotatable bonds is 8. The van der Waals surface area contributed by atoms with Crippen molar-refractivity contribution in [3.8, 4) is 0 Å². The summed E-state index contributed by atoms with van der Waals surface area (Å²) in [6, 6.07) is 24.9. The lowest BCUT2D eigenvalue weighted by Gasteiger charge is -2.48. The summed E-state index contributed by atoms with van der Waals surface area (Å²) in [6.45, 7) is 9.93. The fourth-order valence-corrected chi connectivity index (χ4v) is 8.05. The molecule has 0 saturated carbocycles. The van der Waals surface area contributed by atoms with Crippen LogP contribution in [0.4, 0.5) is 4.79 Å². The van der Waals surface area contributed by atoms with Gasteiger partial charge in [-0.1, -0.05) is 66.2 Å². The molecule has 1 fully saturated rings. The summed E-state index contributed by atoms with van der Waals surface area (Å²) in [4.78, 5) is 17.8. The minimum absolute atomic E-state index is 0.0221. The maximum Gasteiger partial charge on any atom is 0.410 e. The molecule has 3 aromatic rings. The molecule has 236 valence electrons. The Kier molecular flexibility index (Phi) is 9.75. The molecule has 2 aliphatic heterocycles. The number of sulfonamides is 1. The molecule has 1 saturated heterocycles. The number of benzene rings is 3. The number of likely N-dealkylation sites (tertiary alicyclic amines) is 1. The van der Waals surface area contributed by atoms with Gasteiger partial charge in [-0.3, -0.25) is 0 Å². The highest BCUT2D eigenvalue weighted by atomic mass is 35.5. The van der Waals surface area contributed by atoms with Crippen LogP contribution in [0.3, 0.4) is 0 Å². The molecule has 1 amide bonds. The summed E-state index contributed by atoms with van der Waals surface area (Å²) in [6.07, 6.45) is 2.41. The van der Waals surface area contributed by atoms with Crippen LogP contribution in [0.1, 0.15) is 62.6 Å². The van der Waals surface area contributed by atoms with Crippen LogP contribution in [0.15, 0.2) is 83.8 Å². The van der Waals surface area contributed by atoms with Gasteiger partial charge in [-0.25, -0.2) is 17.5 Å². The van der Waals surface area contributed by atoms with Gasteiger partial charge in [-0.05, 0) is 107 Å². The zero-order valence-electron chi connectivity index (χ0n) is 26.2. The van der Waals surface area contributed by atoms with E-state index in [4.69, 9.17) is 16.3 Å². The Morgan fingerprint density at radius 1 is 1.00 bits per heavy atom. The summed E-state index contributed by atoms with van der Waals surface area (Å²) in [5.74, 6) is -0.0221. The predicted molar refractivity (Wildman–Crippen MR) is 176 cm³/mol. The van der Waals surface area contributed by atoms with Crippen LogP contribution >= 0.6 is 11.6 Å². The fourth-order valence-electron chi connectivity index (χ4n) is 6.62. The number of carbonyl (C=O) groups is 1. The molecule has 2 aliphatic rings. The van der Waals surface area contributed by atoms with Gasteiger partial charge < -0.3 is 14.5 Å². The van der Waals surface area contributed by atoms with E-state index in [1.807, 2.05) is 62.1 Å². The Morgan fingerprint density at radius 2 is 1.68 bits per heavy atom. The highest BCUT2D eigenvalue weighted by molar-refractivity contribution is 7.89. The van der Waals surface area contributed by atoms with Gasteiger partial charge in [0, 0.05) is 37.1 Å². The normalized spacial score (nSPS) is 17.8. The van der Waals surface area contributed by atoms with Crippen molar-refractivity contribution < 1.29 is 17.9 Å². The monoisotopic (exact) mass is 637 g/mol. The van der Waals surface area contributed by atoms with Crippen LogP contribution in [0.25, 0.3) is 0 Å². The fraction of sp³-hybridized carbons (Fsp3) is 0.457. The molecule has 44 heavy (non-hydrogen) atoms. The van der Waals surface area contributed by atoms with Crippen molar-refractivity contribution >= 4 is 27.7 Å². The first-order chi connectivity index (χ1) is 20.9. The van der Waals surface area contributed by atoms with Crippen LogP contribution < -0.4 is 0 Å². The smallest absolute Gasteiger partial charge is 0.410 e. The Labute approximate surface area is 267 Å². The Bertz CT molecular complexity index is 1550. The van der Waals surface area contributed by atoms with Crippen molar-refractivity contribution in [2.45, 2.75) is 68.4 Å². The third-order valence-corrected chi connectivity index (χ3v) is 11.0. The Balaban J connectivity index is 1.28. The molecule has 3 aromatic carbocycles. The van der Waals surface area contributed by atoms with Crippen molar-refractivity contribution in [2.24, 2.45) is 0 Å². The number of nitrogens with zero attached hydrogens (tertiary/aromatic N) is 3. The molecule has 0 radical (unpaired) electrons. The van der Waals surface area contributed by atoms with Crippen LogP contribution in [0.2, 0.25) is 5.02 Å². The number of carbonyl (C=O) groups excluding carboxylic acids is 1. The van der Waals surface area contributed by atoms with Crippen molar-refractivity contribution in [1.82, 2.24) is 14.1 Å². The number of fused-ring (bicyclic) bond motifs is 2. The van der Waals surface area contributed by atoms with Crippen molar-refractivity contribution in [2.75, 3.05) is 39.8 Å². The second kappa shape index (κ2) is 13.2. The minimum Gasteiger partial charge on any atom is -0.444 e. The molecule has 0 N–H and O–H groups in total. The third-order valence-electron chi connectivity index (χ3n) is 8.95. The SMILES string of the molecule is CN(CC(CCN1CCC2(CC1)CN(C(=O)OC(C)(C)C)Cc1ccccc12)c1cccc(Cl)c1)S(=O)(=O)c1ccccc1. The number of hydrogen-bond acceptors (Lipinski definition) is 5. The van der Waals surface area contributed by atoms with Gasteiger partial charge in [0.25, 0.3) is 0 Å². The summed E-state index contributed by atoms with van der Waals surface area (Å²) in [5, 5.41) is 0.645. The number of halogens is 1. The van der Waals surface area contributed by atoms with Gasteiger partial charge in [-0.2, -0.15) is 0 Å². The van der Waals surface area contributed by atoms with Gasteiger partial charge in [0.15, 0.2) is 0 Å². The van der Waals surface area contributed by atoms with E-state index in [1.165, 1.54) is 15.4 Å². The van der Waals surface area contributed by atoms with Crippen molar-refractivity contribution in [1.29, 1.82) is 0 Å². The van der Waals surface area contributed by atoms with Crippen LogP contribution in [-0.2, 0) is 26.7 Å². The molecule has 1 unspecified atom stereocenters. The maximum atomic E-state index is 13.3. The van der Waals surface area contributed by atoms with Crippen LogP contribution in [0, 0.1) is 0 Å². The molecule has 1 spiro atoms. The first kappa shape index (κ1) is 32.5. The number of likely N-dealkylation sites (N-methyl/N-ethyl adjacent to an activating group) is 1. The summed E-state index contributed by atoms with van der Waals surface area (Å²) >= 11 is 6.37. The van der Waals surface area contributed by atoms with E-state index in [0.717, 1.165) is 44.5 Å². The quantitative estimate of drug-likeness (QED) is 0.268. The van der Waals surface area contributed by atoms with Crippen LogP contribution in [-0.4, -0.2) is 74.0 Å². The van der Waals surface area contributed by atoms with Gasteiger partial charge in [0.1, 0.15) is 5.60 Å². The summed E-state index contributed by atoms with van der Waals surface area (Å²) in [7, 11) is -1.97. The largest absolute Gasteiger partial charge is 0.444 e. The second-order valence-corrected chi connectivity index (χ2v) is 15.7. The average Bonchev–Trinajstić information content (AvgIpc) is 2.99. The average molecular weight is 638 g/mol. The molecule has 5 rings (SSSR count). The Hall–Kier alpha value is -2.91. The lowest BCUT2D eigenvalue weighted by Crippen LogP contribution is -2.54. The van der Waals surface area contributed by atoms with Gasteiger partial charge in [0.05, 0.1) is 4.90 Å². The lowest BCUT2D eigenvalue weighted by molar-refractivity contribution is 0.0104. The van der Waals surface area contributed by atoms with Gasteiger partial charge in [-0.15, -0.1) is 0 Å². The zero-order valence-corrected chi connectivity index (χ0v) is 27.8. The number of piperidine rings is 1. The first-order valence-corrected chi connectivity index (χ1v) is 17.2. The van der Waals surface area contributed by atoms with E-state index in [1.54, 1.807) is 31.3 Å². The third kappa shape index (κ3) is 7.48. The number of amides is 1. The Morgan fingerprint density at radius 3 is 2.36 bits per heavy atom. The summed E-state index contributed by atoms with van der Waals surface area (Å²) < 4.78 is 33.9. The second-order valence-electron chi connectivity index (χ2n) is 13.3. The summed E-state index contributed by atoms with van der Waals surface area (Å²) in [5.41, 5.74) is 2.93. The maximum absolute atomic E-state index is 13.3. The van der Waals surface area contributed by atoms with E-state index < -0.39 is 15.6 Å².